The predicted molar refractivity (Wildman–Crippen MR) is 65.1 cm³/mol. The maximum absolute atomic E-state index is 11.9. The summed E-state index contributed by atoms with van der Waals surface area (Å²) in [6.45, 7) is 3.10. The first-order chi connectivity index (χ1) is 8.65. The molecule has 0 bridgehead atoms. The lowest BCUT2D eigenvalue weighted by Gasteiger charge is -2.25. The van der Waals surface area contributed by atoms with Gasteiger partial charge in [-0.2, -0.15) is 0 Å². The molecule has 0 aromatic heterocycles. The third-order valence-corrected chi connectivity index (χ3v) is 3.17. The van der Waals surface area contributed by atoms with E-state index in [1.54, 1.807) is 13.8 Å². The molecule has 8 nitrogen and oxygen atoms in total. The van der Waals surface area contributed by atoms with E-state index in [1.807, 2.05) is 0 Å². The molecule has 108 valence electrons. The van der Waals surface area contributed by atoms with Gasteiger partial charge in [0.05, 0.1) is 11.5 Å². The Hall–Kier alpha value is -1.83. The minimum absolute atomic E-state index is 0.000100. The number of β-amino-alcohol motifs (C(OH)–C–C–N with tert-alkyl or cyclic N) is 1. The Morgan fingerprint density at radius 2 is 2.00 bits per heavy atom. The van der Waals surface area contributed by atoms with E-state index in [9.17, 15) is 19.5 Å². The van der Waals surface area contributed by atoms with Crippen molar-refractivity contribution in [1.29, 1.82) is 0 Å². The van der Waals surface area contributed by atoms with Crippen molar-refractivity contribution in [3.8, 4) is 0 Å². The number of aliphatic carboxylic acids is 1. The smallest absolute Gasteiger partial charge is 0.326 e. The lowest BCUT2D eigenvalue weighted by atomic mass is 9.93. The number of hydrogen-bond acceptors (Lipinski definition) is 4. The number of nitrogens with zero attached hydrogens (tertiary/aromatic N) is 1. The fraction of sp³-hybridized carbons (Fsp3) is 0.727. The number of nitrogens with one attached hydrogen (secondary N) is 1. The van der Waals surface area contributed by atoms with Crippen LogP contribution >= 0.6 is 0 Å². The predicted octanol–water partition coefficient (Wildman–Crippen LogP) is -1.27. The average Bonchev–Trinajstić information content (AvgIpc) is 2.68. The first-order valence-electron chi connectivity index (χ1n) is 5.90. The fourth-order valence-corrected chi connectivity index (χ4v) is 1.76. The van der Waals surface area contributed by atoms with Gasteiger partial charge in [-0.25, -0.2) is 9.59 Å². The first kappa shape index (κ1) is 15.2. The van der Waals surface area contributed by atoms with Crippen molar-refractivity contribution in [3.63, 3.8) is 0 Å². The number of amides is 3. The number of aliphatic hydroxyl groups is 1. The molecule has 1 fully saturated rings. The number of rotatable bonds is 4. The zero-order valence-corrected chi connectivity index (χ0v) is 10.9. The van der Waals surface area contributed by atoms with Gasteiger partial charge in [0.15, 0.2) is 0 Å². The van der Waals surface area contributed by atoms with Gasteiger partial charge in [0, 0.05) is 19.5 Å². The molecule has 1 heterocycles. The maximum atomic E-state index is 11.9. The van der Waals surface area contributed by atoms with Gasteiger partial charge in [-0.15, -0.1) is 0 Å². The van der Waals surface area contributed by atoms with Crippen molar-refractivity contribution < 1.29 is 24.6 Å². The van der Waals surface area contributed by atoms with Crippen molar-refractivity contribution in [2.45, 2.75) is 32.4 Å². The highest BCUT2D eigenvalue weighted by Gasteiger charge is 2.39. The summed E-state index contributed by atoms with van der Waals surface area (Å²) in [5, 5.41) is 20.8. The van der Waals surface area contributed by atoms with Crippen LogP contribution in [0.15, 0.2) is 0 Å². The molecule has 0 aromatic carbocycles. The number of carbonyl (C=O) groups excluding carboxylic acids is 2. The summed E-state index contributed by atoms with van der Waals surface area (Å²) in [4.78, 5) is 35.0. The Balaban J connectivity index is 2.63. The third kappa shape index (κ3) is 3.57. The summed E-state index contributed by atoms with van der Waals surface area (Å²) in [6, 6.07) is -1.68. The van der Waals surface area contributed by atoms with Gasteiger partial charge in [0.1, 0.15) is 6.04 Å². The molecule has 5 N–H and O–H groups in total. The van der Waals surface area contributed by atoms with Gasteiger partial charge >= 0.3 is 12.0 Å². The van der Waals surface area contributed by atoms with Crippen molar-refractivity contribution in [3.05, 3.63) is 0 Å². The molecule has 19 heavy (non-hydrogen) atoms. The normalized spacial score (nSPS) is 23.2. The largest absolute Gasteiger partial charge is 0.480 e. The molecule has 0 aliphatic carbocycles. The molecule has 1 aliphatic heterocycles. The molecule has 8 heteroatoms. The standard InChI is InChI=1S/C11H19N3O5/c1-11(2,9(12)18)5-13-10(19)14-4-6(15)3-7(14)8(16)17/h6-7,15H,3-5H2,1-2H3,(H2,12,18)(H,13,19)(H,16,17)/t6-,7-/m1/s1. The Bertz CT molecular complexity index is 396. The second-order valence-corrected chi connectivity index (χ2v) is 5.30. The third-order valence-electron chi connectivity index (χ3n) is 3.17. The lowest BCUT2D eigenvalue weighted by molar-refractivity contribution is -0.141. The molecular formula is C11H19N3O5. The van der Waals surface area contributed by atoms with Gasteiger partial charge in [-0.1, -0.05) is 0 Å². The first-order valence-corrected chi connectivity index (χ1v) is 5.90. The number of aliphatic hydroxyl groups excluding tert-OH is 1. The summed E-state index contributed by atoms with van der Waals surface area (Å²) in [5.41, 5.74) is 4.25. The zero-order chi connectivity index (χ0) is 14.8. The molecule has 3 amide bonds. The topological polar surface area (TPSA) is 133 Å². The maximum Gasteiger partial charge on any atom is 0.326 e. The number of primary amides is 1. The van der Waals surface area contributed by atoms with E-state index in [2.05, 4.69) is 5.32 Å². The molecule has 0 aromatic rings. The van der Waals surface area contributed by atoms with Crippen LogP contribution in [-0.4, -0.2) is 58.3 Å². The van der Waals surface area contributed by atoms with Gasteiger partial charge < -0.3 is 26.2 Å². The highest BCUT2D eigenvalue weighted by molar-refractivity contribution is 5.84. The minimum atomic E-state index is -1.17. The van der Waals surface area contributed by atoms with Crippen LogP contribution in [0, 0.1) is 5.41 Å². The second kappa shape index (κ2) is 5.43. The van der Waals surface area contributed by atoms with E-state index in [0.29, 0.717) is 0 Å². The molecule has 0 unspecified atom stereocenters. The van der Waals surface area contributed by atoms with Crippen LogP contribution in [0.1, 0.15) is 20.3 Å². The molecular weight excluding hydrogens is 254 g/mol. The zero-order valence-electron chi connectivity index (χ0n) is 10.9. The Morgan fingerprint density at radius 1 is 1.42 bits per heavy atom. The van der Waals surface area contributed by atoms with Gasteiger partial charge in [0.25, 0.3) is 0 Å². The van der Waals surface area contributed by atoms with Crippen molar-refractivity contribution in [2.75, 3.05) is 13.1 Å². The van der Waals surface area contributed by atoms with Crippen LogP contribution in [0.2, 0.25) is 0 Å². The summed E-state index contributed by atoms with van der Waals surface area (Å²) in [6.07, 6.45) is -0.849. The summed E-state index contributed by atoms with van der Waals surface area (Å²) in [5.74, 6) is -1.73. The van der Waals surface area contributed by atoms with Crippen LogP contribution in [0.4, 0.5) is 4.79 Å². The SMILES string of the molecule is CC(C)(CNC(=O)N1C[C@H](O)C[C@@H]1C(=O)O)C(N)=O. The lowest BCUT2D eigenvalue weighted by Crippen LogP contribution is -2.50. The molecule has 0 spiro atoms. The van der Waals surface area contributed by atoms with E-state index in [1.165, 1.54) is 0 Å². The quantitative estimate of drug-likeness (QED) is 0.506. The van der Waals surface area contributed by atoms with Gasteiger partial charge in [0.2, 0.25) is 5.91 Å². The van der Waals surface area contributed by atoms with E-state index < -0.39 is 35.5 Å². The van der Waals surface area contributed by atoms with Crippen LogP contribution in [0.25, 0.3) is 0 Å². The number of carboxylic acid groups (broad SMARTS) is 1. The summed E-state index contributed by atoms with van der Waals surface area (Å²) >= 11 is 0. The van der Waals surface area contributed by atoms with E-state index in [0.717, 1.165) is 4.90 Å². The van der Waals surface area contributed by atoms with Gasteiger partial charge in [-0.05, 0) is 13.8 Å². The average molecular weight is 273 g/mol. The number of carboxylic acids is 1. The highest BCUT2D eigenvalue weighted by Crippen LogP contribution is 2.19. The Morgan fingerprint density at radius 3 is 2.47 bits per heavy atom. The van der Waals surface area contributed by atoms with Crippen LogP contribution < -0.4 is 11.1 Å². The molecule has 1 aliphatic rings. The molecule has 0 saturated carbocycles. The van der Waals surface area contributed by atoms with Crippen LogP contribution in [0.5, 0.6) is 0 Å². The minimum Gasteiger partial charge on any atom is -0.480 e. The Labute approximate surface area is 110 Å². The number of hydrogen-bond donors (Lipinski definition) is 4. The van der Waals surface area contributed by atoms with E-state index in [-0.39, 0.29) is 19.5 Å². The van der Waals surface area contributed by atoms with Crippen molar-refractivity contribution in [2.24, 2.45) is 11.1 Å². The summed E-state index contributed by atoms with van der Waals surface area (Å²) in [7, 11) is 0. The number of likely N-dealkylation sites (tertiary alicyclic amines) is 1. The second-order valence-electron chi connectivity index (χ2n) is 5.30. The molecule has 1 saturated heterocycles. The van der Waals surface area contributed by atoms with E-state index in [4.69, 9.17) is 10.8 Å². The van der Waals surface area contributed by atoms with Crippen molar-refractivity contribution >= 4 is 17.9 Å². The van der Waals surface area contributed by atoms with E-state index >= 15 is 0 Å². The fourth-order valence-electron chi connectivity index (χ4n) is 1.76. The molecule has 2 atom stereocenters. The molecule has 1 rings (SSSR count). The Kier molecular flexibility index (Phi) is 4.35. The summed E-state index contributed by atoms with van der Waals surface area (Å²) < 4.78 is 0. The van der Waals surface area contributed by atoms with Crippen molar-refractivity contribution in [1.82, 2.24) is 10.2 Å². The number of urea groups is 1. The number of carbonyl (C=O) groups is 3. The van der Waals surface area contributed by atoms with Crippen LogP contribution in [-0.2, 0) is 9.59 Å². The monoisotopic (exact) mass is 273 g/mol. The van der Waals surface area contributed by atoms with Crippen LogP contribution in [0.3, 0.4) is 0 Å². The van der Waals surface area contributed by atoms with Gasteiger partial charge in [-0.3, -0.25) is 4.79 Å². The molecule has 0 radical (unpaired) electrons. The highest BCUT2D eigenvalue weighted by atomic mass is 16.4. The number of nitrogens with two attached hydrogens (primary N) is 1.